The van der Waals surface area contributed by atoms with Crippen LogP contribution in [0.25, 0.3) is 0 Å². The van der Waals surface area contributed by atoms with Crippen LogP contribution in [0.5, 0.6) is 0 Å². The Morgan fingerprint density at radius 1 is 1.33 bits per heavy atom. The summed E-state index contributed by atoms with van der Waals surface area (Å²) in [5.41, 5.74) is 1.32. The number of hydrogen-bond acceptors (Lipinski definition) is 3. The van der Waals surface area contributed by atoms with Crippen LogP contribution >= 0.6 is 0 Å². The van der Waals surface area contributed by atoms with Crippen molar-refractivity contribution in [3.8, 4) is 0 Å². The molecule has 4 N–H and O–H groups in total. The van der Waals surface area contributed by atoms with Crippen LogP contribution in [0, 0.1) is 17.0 Å². The molecule has 0 unspecified atom stereocenters. The Morgan fingerprint density at radius 2 is 1.67 bits per heavy atom. The predicted octanol–water partition coefficient (Wildman–Crippen LogP) is 1.81. The van der Waals surface area contributed by atoms with Crippen molar-refractivity contribution < 1.29 is 10.3 Å². The standard InChI is InChI=1S/C7H8.HNO3.H3N/c1-7-5-3-2-4-6-7;2-1(3)4;/h2-6H,1H3;(H,2,3,4);1H3. The van der Waals surface area contributed by atoms with Crippen molar-refractivity contribution in [2.24, 2.45) is 0 Å². The second kappa shape index (κ2) is 7.49. The second-order valence-electron chi connectivity index (χ2n) is 1.89. The molecule has 0 radical (unpaired) electrons. The Bertz CT molecular complexity index is 209. The van der Waals surface area contributed by atoms with Gasteiger partial charge in [-0.05, 0) is 6.92 Å². The average molecular weight is 172 g/mol. The Balaban J connectivity index is 0. The maximum Gasteiger partial charge on any atom is 0.291 e. The van der Waals surface area contributed by atoms with Crippen LogP contribution in [0.15, 0.2) is 30.3 Å². The van der Waals surface area contributed by atoms with Crippen molar-refractivity contribution in [3.05, 3.63) is 46.0 Å². The highest BCUT2D eigenvalue weighted by atomic mass is 16.9. The molecule has 0 spiro atoms. The van der Waals surface area contributed by atoms with Gasteiger partial charge in [-0.1, -0.05) is 35.9 Å². The van der Waals surface area contributed by atoms with E-state index < -0.39 is 5.09 Å². The van der Waals surface area contributed by atoms with Gasteiger partial charge in [0.1, 0.15) is 0 Å². The van der Waals surface area contributed by atoms with E-state index in [1.165, 1.54) is 5.56 Å². The molecule has 0 saturated heterocycles. The Morgan fingerprint density at radius 3 is 1.83 bits per heavy atom. The maximum absolute atomic E-state index is 8.36. The summed E-state index contributed by atoms with van der Waals surface area (Å²) in [5.74, 6) is 0. The molecular weight excluding hydrogens is 160 g/mol. The number of hydrogen-bond donors (Lipinski definition) is 2. The number of benzene rings is 1. The molecule has 1 aromatic rings. The summed E-state index contributed by atoms with van der Waals surface area (Å²) < 4.78 is 0. The second-order valence-corrected chi connectivity index (χ2v) is 1.89. The van der Waals surface area contributed by atoms with Gasteiger partial charge in [0.2, 0.25) is 0 Å². The van der Waals surface area contributed by atoms with Gasteiger partial charge >= 0.3 is 0 Å². The fourth-order valence-electron chi connectivity index (χ4n) is 0.534. The van der Waals surface area contributed by atoms with E-state index >= 15 is 0 Å². The third-order valence-electron chi connectivity index (χ3n) is 0.940. The first-order valence-electron chi connectivity index (χ1n) is 2.98. The zero-order valence-corrected chi connectivity index (χ0v) is 6.80. The Labute approximate surface area is 70.3 Å². The van der Waals surface area contributed by atoms with Gasteiger partial charge in [-0.3, -0.25) is 0 Å². The molecule has 1 aromatic carbocycles. The zero-order chi connectivity index (χ0) is 8.69. The predicted molar refractivity (Wildman–Crippen MR) is 45.0 cm³/mol. The molecule has 5 heteroatoms. The topological polar surface area (TPSA) is 98.4 Å². The molecular formula is C7H12N2O3. The van der Waals surface area contributed by atoms with Crippen LogP contribution in [0.2, 0.25) is 0 Å². The molecule has 0 aromatic heterocycles. The van der Waals surface area contributed by atoms with Gasteiger partial charge in [-0.2, -0.15) is 0 Å². The minimum atomic E-state index is -1.50. The van der Waals surface area contributed by atoms with Crippen molar-refractivity contribution in [2.75, 3.05) is 0 Å². The van der Waals surface area contributed by atoms with E-state index in [1.807, 2.05) is 18.2 Å². The maximum atomic E-state index is 8.36. The lowest BCUT2D eigenvalue weighted by molar-refractivity contribution is -0.742. The van der Waals surface area contributed by atoms with Gasteiger partial charge in [0.15, 0.2) is 0 Å². The number of aryl methyl sites for hydroxylation is 1. The van der Waals surface area contributed by atoms with Crippen molar-refractivity contribution in [2.45, 2.75) is 6.92 Å². The molecule has 0 atom stereocenters. The fraction of sp³-hybridized carbons (Fsp3) is 0.143. The summed E-state index contributed by atoms with van der Waals surface area (Å²) in [6, 6.07) is 10.3. The van der Waals surface area contributed by atoms with Crippen LogP contribution in [0.3, 0.4) is 0 Å². The largest absolute Gasteiger partial charge is 0.344 e. The Hall–Kier alpha value is -1.62. The van der Waals surface area contributed by atoms with E-state index in [9.17, 15) is 0 Å². The minimum Gasteiger partial charge on any atom is -0.344 e. The molecule has 0 heterocycles. The van der Waals surface area contributed by atoms with Crippen molar-refractivity contribution in [3.63, 3.8) is 0 Å². The van der Waals surface area contributed by atoms with Crippen LogP contribution < -0.4 is 6.15 Å². The summed E-state index contributed by atoms with van der Waals surface area (Å²) in [6.45, 7) is 2.08. The minimum absolute atomic E-state index is 0. The molecule has 0 saturated carbocycles. The van der Waals surface area contributed by atoms with Crippen molar-refractivity contribution in [1.29, 1.82) is 0 Å². The quantitative estimate of drug-likeness (QED) is 0.460. The highest BCUT2D eigenvalue weighted by Crippen LogP contribution is 1.92. The Kier molecular flexibility index (Phi) is 8.11. The lowest BCUT2D eigenvalue weighted by atomic mass is 10.2. The molecule has 0 aliphatic rings. The van der Waals surface area contributed by atoms with Crippen LogP contribution in [-0.4, -0.2) is 10.3 Å². The molecule has 0 fully saturated rings. The van der Waals surface area contributed by atoms with Crippen LogP contribution in [0.1, 0.15) is 5.56 Å². The zero-order valence-electron chi connectivity index (χ0n) is 6.80. The van der Waals surface area contributed by atoms with Gasteiger partial charge in [0.25, 0.3) is 5.09 Å². The molecule has 68 valence electrons. The molecule has 0 bridgehead atoms. The van der Waals surface area contributed by atoms with Gasteiger partial charge in [-0.15, -0.1) is 10.1 Å². The van der Waals surface area contributed by atoms with Gasteiger partial charge in [-0.25, -0.2) is 0 Å². The van der Waals surface area contributed by atoms with Gasteiger partial charge in [0, 0.05) is 0 Å². The third kappa shape index (κ3) is 11.2. The summed E-state index contributed by atoms with van der Waals surface area (Å²) in [6.07, 6.45) is 0. The first-order chi connectivity index (χ1) is 5.13. The first-order valence-corrected chi connectivity index (χ1v) is 2.98. The summed E-state index contributed by atoms with van der Waals surface area (Å²) in [7, 11) is 0. The van der Waals surface area contributed by atoms with Gasteiger partial charge in [0.05, 0.1) is 0 Å². The lowest BCUT2D eigenvalue weighted by Gasteiger charge is -1.82. The fourth-order valence-corrected chi connectivity index (χ4v) is 0.534. The molecule has 0 aliphatic heterocycles. The summed E-state index contributed by atoms with van der Waals surface area (Å²) in [5, 5.41) is 13.6. The molecule has 5 nitrogen and oxygen atoms in total. The molecule has 0 aliphatic carbocycles. The van der Waals surface area contributed by atoms with Crippen LogP contribution in [-0.2, 0) is 0 Å². The smallest absolute Gasteiger partial charge is 0.291 e. The summed E-state index contributed by atoms with van der Waals surface area (Å²) >= 11 is 0. The molecule has 1 rings (SSSR count). The highest BCUT2D eigenvalue weighted by molar-refractivity contribution is 5.11. The van der Waals surface area contributed by atoms with Crippen molar-refractivity contribution >= 4 is 0 Å². The van der Waals surface area contributed by atoms with E-state index in [0.717, 1.165) is 0 Å². The molecule has 0 amide bonds. The van der Waals surface area contributed by atoms with Gasteiger partial charge < -0.3 is 11.4 Å². The van der Waals surface area contributed by atoms with E-state index in [1.54, 1.807) is 0 Å². The monoisotopic (exact) mass is 172 g/mol. The molecule has 12 heavy (non-hydrogen) atoms. The number of rotatable bonds is 0. The average Bonchev–Trinajstić information content (AvgIpc) is 1.87. The highest BCUT2D eigenvalue weighted by Gasteiger charge is 1.72. The third-order valence-corrected chi connectivity index (χ3v) is 0.940. The number of nitrogens with zero attached hydrogens (tertiary/aromatic N) is 1. The summed E-state index contributed by atoms with van der Waals surface area (Å²) in [4.78, 5) is 8.36. The SMILES string of the molecule is Cc1ccccc1.N.O=[N+]([O-])O. The first kappa shape index (κ1) is 13.0. The van der Waals surface area contributed by atoms with E-state index in [-0.39, 0.29) is 6.15 Å². The van der Waals surface area contributed by atoms with E-state index in [2.05, 4.69) is 19.1 Å². The normalized spacial score (nSPS) is 7.08. The van der Waals surface area contributed by atoms with E-state index in [0.29, 0.717) is 0 Å². The van der Waals surface area contributed by atoms with Crippen LogP contribution in [0.4, 0.5) is 0 Å². The van der Waals surface area contributed by atoms with E-state index in [4.69, 9.17) is 15.3 Å². The lowest BCUT2D eigenvalue weighted by Crippen LogP contribution is -1.81. The van der Waals surface area contributed by atoms with Crippen molar-refractivity contribution in [1.82, 2.24) is 6.15 Å².